The van der Waals surface area contributed by atoms with Gasteiger partial charge in [-0.25, -0.2) is 9.97 Å². The maximum atomic E-state index is 13.4. The van der Waals surface area contributed by atoms with Crippen molar-refractivity contribution in [3.8, 4) is 18.1 Å². The average molecular weight is 578 g/mol. The number of hydrogen-bond acceptors (Lipinski definition) is 7. The lowest BCUT2D eigenvalue weighted by Crippen LogP contribution is -2.46. The highest BCUT2D eigenvalue weighted by molar-refractivity contribution is 5.97. The third-order valence-electron chi connectivity index (χ3n) is 6.96. The first kappa shape index (κ1) is 30.7. The van der Waals surface area contributed by atoms with E-state index in [2.05, 4.69) is 31.8 Å². The van der Waals surface area contributed by atoms with E-state index in [0.717, 1.165) is 29.5 Å². The molecule has 1 heterocycles. The van der Waals surface area contributed by atoms with E-state index >= 15 is 0 Å². The number of anilines is 2. The number of terminal acetylenes is 1. The Kier molecular flexibility index (Phi) is 10.8. The largest absolute Gasteiger partial charge is 0.496 e. The zero-order valence-corrected chi connectivity index (χ0v) is 24.4. The molecular weight excluding hydrogens is 542 g/mol. The molecule has 0 aliphatic rings. The van der Waals surface area contributed by atoms with Gasteiger partial charge in [-0.05, 0) is 56.2 Å². The number of Topliss-reactive ketones (excluding diaryl/α,β-unsaturated/α-hetero) is 1. The molecule has 0 radical (unpaired) electrons. The van der Waals surface area contributed by atoms with Crippen LogP contribution in [0.15, 0.2) is 73.1 Å². The van der Waals surface area contributed by atoms with E-state index in [1.165, 1.54) is 6.33 Å². The number of benzene rings is 3. The van der Waals surface area contributed by atoms with Gasteiger partial charge in [0.1, 0.15) is 29.7 Å². The molecule has 0 fully saturated rings. The van der Waals surface area contributed by atoms with Crippen LogP contribution in [0.1, 0.15) is 60.5 Å². The van der Waals surface area contributed by atoms with E-state index in [1.54, 1.807) is 44.4 Å². The molecule has 0 saturated carbocycles. The van der Waals surface area contributed by atoms with E-state index < -0.39 is 6.04 Å². The highest BCUT2D eigenvalue weighted by atomic mass is 16.5. The molecule has 3 aromatic carbocycles. The molecule has 0 bridgehead atoms. The van der Waals surface area contributed by atoms with Crippen LogP contribution in [0.25, 0.3) is 10.9 Å². The summed E-state index contributed by atoms with van der Waals surface area (Å²) in [6.45, 7) is 1.72. The number of unbranched alkanes of at least 4 members (excludes halogenated alkanes) is 2. The van der Waals surface area contributed by atoms with Crippen LogP contribution >= 0.6 is 0 Å². The Morgan fingerprint density at radius 1 is 0.977 bits per heavy atom. The predicted molar refractivity (Wildman–Crippen MR) is 167 cm³/mol. The number of hydrogen-bond donors (Lipinski definition) is 3. The standard InChI is InChI=1S/C34H35N5O4/c1-4-24-13-11-16-27(18-24)38-32-28-19-26(31(43-3)20-30(28)36-22-37-32)21-35-34(42)29(17-10-5-7-12-23(2)40)39-33(41)25-14-8-6-9-15-25/h1,6,8-9,11,13-16,18-20,22,29H,5,7,10,12,17,21H2,2-3H3,(H,35,42)(H,39,41)(H,36,37,38)/t29-/m0/s1. The van der Waals surface area contributed by atoms with Gasteiger partial charge in [-0.15, -0.1) is 6.42 Å². The summed E-state index contributed by atoms with van der Waals surface area (Å²) in [5.74, 6) is 3.26. The zero-order valence-electron chi connectivity index (χ0n) is 24.4. The van der Waals surface area contributed by atoms with Crippen LogP contribution < -0.4 is 20.7 Å². The van der Waals surface area contributed by atoms with Crippen molar-refractivity contribution in [2.24, 2.45) is 0 Å². The van der Waals surface area contributed by atoms with Crippen LogP contribution in [0.5, 0.6) is 5.75 Å². The number of fused-ring (bicyclic) bond motifs is 1. The van der Waals surface area contributed by atoms with Crippen molar-refractivity contribution in [1.29, 1.82) is 0 Å². The Bertz CT molecular complexity index is 1630. The molecule has 2 amide bonds. The van der Waals surface area contributed by atoms with Gasteiger partial charge in [0.2, 0.25) is 5.91 Å². The lowest BCUT2D eigenvalue weighted by Gasteiger charge is -2.19. The number of aromatic nitrogens is 2. The average Bonchev–Trinajstić information content (AvgIpc) is 3.02. The molecule has 4 aromatic rings. The Labute approximate surface area is 251 Å². The Morgan fingerprint density at radius 2 is 1.79 bits per heavy atom. The third-order valence-corrected chi connectivity index (χ3v) is 6.96. The van der Waals surface area contributed by atoms with Gasteiger partial charge in [-0.3, -0.25) is 9.59 Å². The minimum atomic E-state index is -0.750. The van der Waals surface area contributed by atoms with Crippen LogP contribution in [0.2, 0.25) is 0 Å². The van der Waals surface area contributed by atoms with Crippen molar-refractivity contribution in [1.82, 2.24) is 20.6 Å². The van der Waals surface area contributed by atoms with Gasteiger partial charge in [0.15, 0.2) is 0 Å². The van der Waals surface area contributed by atoms with Crippen LogP contribution in [-0.2, 0) is 16.1 Å². The summed E-state index contributed by atoms with van der Waals surface area (Å²) in [5.41, 5.74) is 3.37. The molecule has 0 unspecified atom stereocenters. The van der Waals surface area contributed by atoms with Gasteiger partial charge in [0.25, 0.3) is 5.91 Å². The summed E-state index contributed by atoms with van der Waals surface area (Å²) in [4.78, 5) is 46.4. The van der Waals surface area contributed by atoms with Crippen molar-refractivity contribution in [3.63, 3.8) is 0 Å². The summed E-state index contributed by atoms with van der Waals surface area (Å²) >= 11 is 0. The van der Waals surface area contributed by atoms with Crippen molar-refractivity contribution >= 4 is 40.0 Å². The normalized spacial score (nSPS) is 11.3. The molecule has 220 valence electrons. The predicted octanol–water partition coefficient (Wildman–Crippen LogP) is 5.32. The number of ketones is 1. The number of carbonyl (C=O) groups excluding carboxylic acids is 3. The molecule has 1 aromatic heterocycles. The smallest absolute Gasteiger partial charge is 0.251 e. The molecule has 0 saturated heterocycles. The van der Waals surface area contributed by atoms with Crippen molar-refractivity contribution in [2.45, 2.75) is 51.6 Å². The summed E-state index contributed by atoms with van der Waals surface area (Å²) in [7, 11) is 1.56. The van der Waals surface area contributed by atoms with Crippen LogP contribution in [0.3, 0.4) is 0 Å². The van der Waals surface area contributed by atoms with Gasteiger partial charge >= 0.3 is 0 Å². The summed E-state index contributed by atoms with van der Waals surface area (Å²) < 4.78 is 5.62. The van der Waals surface area contributed by atoms with Gasteiger partial charge in [-0.2, -0.15) is 0 Å². The summed E-state index contributed by atoms with van der Waals surface area (Å²) in [5, 5.41) is 9.89. The van der Waals surface area contributed by atoms with Gasteiger partial charge in [0.05, 0.1) is 12.6 Å². The molecule has 0 spiro atoms. The molecule has 1 atom stereocenters. The number of ether oxygens (including phenoxy) is 1. The molecule has 9 heteroatoms. The van der Waals surface area contributed by atoms with Gasteiger partial charge < -0.3 is 25.5 Å². The second-order valence-electron chi connectivity index (χ2n) is 10.2. The lowest BCUT2D eigenvalue weighted by molar-refractivity contribution is -0.123. The van der Waals surface area contributed by atoms with Crippen LogP contribution in [0, 0.1) is 12.3 Å². The highest BCUT2D eigenvalue weighted by Crippen LogP contribution is 2.30. The Hall–Kier alpha value is -5.23. The second kappa shape index (κ2) is 15.1. The van der Waals surface area contributed by atoms with E-state index in [4.69, 9.17) is 11.2 Å². The highest BCUT2D eigenvalue weighted by Gasteiger charge is 2.22. The molecule has 9 nitrogen and oxygen atoms in total. The Morgan fingerprint density at radius 3 is 2.53 bits per heavy atom. The zero-order chi connectivity index (χ0) is 30.6. The fourth-order valence-electron chi connectivity index (χ4n) is 4.68. The topological polar surface area (TPSA) is 122 Å². The van der Waals surface area contributed by atoms with Gasteiger partial charge in [0, 0.05) is 46.8 Å². The van der Waals surface area contributed by atoms with E-state index in [9.17, 15) is 14.4 Å². The fraction of sp³-hybridized carbons (Fsp3) is 0.265. The molecule has 43 heavy (non-hydrogen) atoms. The molecule has 0 aliphatic heterocycles. The monoisotopic (exact) mass is 577 g/mol. The summed E-state index contributed by atoms with van der Waals surface area (Å²) in [6, 6.07) is 19.2. The maximum Gasteiger partial charge on any atom is 0.251 e. The molecule has 3 N–H and O–H groups in total. The molecular formula is C34H35N5O4. The lowest BCUT2D eigenvalue weighted by atomic mass is 10.0. The SMILES string of the molecule is C#Cc1cccc(Nc2ncnc3cc(OC)c(CNC(=O)[C@H](CCCCCC(C)=O)NC(=O)c4ccccc4)cc23)c1. The van der Waals surface area contributed by atoms with Crippen LogP contribution in [0.4, 0.5) is 11.5 Å². The number of nitrogens with one attached hydrogen (secondary N) is 3. The first-order valence-electron chi connectivity index (χ1n) is 14.2. The maximum absolute atomic E-state index is 13.4. The van der Waals surface area contributed by atoms with Crippen molar-refractivity contribution in [3.05, 3.63) is 89.7 Å². The quantitative estimate of drug-likeness (QED) is 0.137. The van der Waals surface area contributed by atoms with E-state index in [-0.39, 0.29) is 24.1 Å². The van der Waals surface area contributed by atoms with E-state index in [0.29, 0.717) is 47.5 Å². The Balaban J connectivity index is 1.52. The number of nitrogens with zero attached hydrogens (tertiary/aromatic N) is 2. The van der Waals surface area contributed by atoms with Crippen molar-refractivity contribution < 1.29 is 19.1 Å². The summed E-state index contributed by atoms with van der Waals surface area (Å²) in [6.07, 6.45) is 10.2. The number of amides is 2. The number of methoxy groups -OCH3 is 1. The second-order valence-corrected chi connectivity index (χ2v) is 10.2. The number of rotatable bonds is 14. The first-order valence-corrected chi connectivity index (χ1v) is 14.2. The fourth-order valence-corrected chi connectivity index (χ4v) is 4.68. The number of carbonyl (C=O) groups is 3. The molecule has 4 rings (SSSR count). The molecule has 0 aliphatic carbocycles. The van der Waals surface area contributed by atoms with Crippen LogP contribution in [-0.4, -0.2) is 40.7 Å². The third kappa shape index (κ3) is 8.63. The minimum Gasteiger partial charge on any atom is -0.496 e. The minimum absolute atomic E-state index is 0.140. The first-order chi connectivity index (χ1) is 20.9. The van der Waals surface area contributed by atoms with E-state index in [1.807, 2.05) is 36.4 Å². The van der Waals surface area contributed by atoms with Crippen molar-refractivity contribution in [2.75, 3.05) is 12.4 Å². The van der Waals surface area contributed by atoms with Gasteiger partial charge in [-0.1, -0.05) is 43.0 Å².